The predicted molar refractivity (Wildman–Crippen MR) is 72.5 cm³/mol. The fourth-order valence-corrected chi connectivity index (χ4v) is 2.40. The van der Waals surface area contributed by atoms with Gasteiger partial charge in [-0.2, -0.15) is 5.10 Å². The smallest absolute Gasteiger partial charge is 0.202 e. The predicted octanol–water partition coefficient (Wildman–Crippen LogP) is 0.947. The molecule has 7 heteroatoms. The molecule has 0 saturated heterocycles. The van der Waals surface area contributed by atoms with Gasteiger partial charge in [0.2, 0.25) is 5.95 Å². The molecule has 0 atom stereocenters. The molecular formula is C12H17N7. The monoisotopic (exact) mass is 259 g/mol. The summed E-state index contributed by atoms with van der Waals surface area (Å²) >= 11 is 0. The Bertz CT molecular complexity index is 689. The van der Waals surface area contributed by atoms with Crippen molar-refractivity contribution in [3.8, 4) is 0 Å². The third-order valence-corrected chi connectivity index (χ3v) is 3.28. The van der Waals surface area contributed by atoms with Crippen LogP contribution >= 0.6 is 0 Å². The van der Waals surface area contributed by atoms with Gasteiger partial charge in [-0.05, 0) is 13.3 Å². The van der Waals surface area contributed by atoms with E-state index < -0.39 is 0 Å². The van der Waals surface area contributed by atoms with E-state index >= 15 is 0 Å². The number of nitrogen functional groups attached to an aromatic ring is 1. The summed E-state index contributed by atoms with van der Waals surface area (Å²) in [7, 11) is 1.92. The highest BCUT2D eigenvalue weighted by Gasteiger charge is 2.14. The van der Waals surface area contributed by atoms with Crippen LogP contribution in [0.2, 0.25) is 0 Å². The second-order valence-electron chi connectivity index (χ2n) is 4.66. The van der Waals surface area contributed by atoms with Crippen LogP contribution in [0.1, 0.15) is 12.1 Å². The number of nitrogens with two attached hydrogens (primary N) is 1. The van der Waals surface area contributed by atoms with Gasteiger partial charge in [0.1, 0.15) is 5.52 Å². The van der Waals surface area contributed by atoms with Crippen molar-refractivity contribution in [3.63, 3.8) is 0 Å². The van der Waals surface area contributed by atoms with E-state index in [0.717, 1.165) is 36.4 Å². The van der Waals surface area contributed by atoms with Gasteiger partial charge in [-0.3, -0.25) is 9.25 Å². The average Bonchev–Trinajstić information content (AvgIpc) is 3.03. The number of aryl methyl sites for hydroxylation is 4. The van der Waals surface area contributed by atoms with Crippen LogP contribution in [-0.4, -0.2) is 28.9 Å². The topological polar surface area (TPSA) is 79.5 Å². The molecule has 0 spiro atoms. The summed E-state index contributed by atoms with van der Waals surface area (Å²) in [5.41, 5.74) is 8.78. The molecule has 2 N–H and O–H groups in total. The van der Waals surface area contributed by atoms with Gasteiger partial charge in [-0.1, -0.05) is 0 Å². The number of fused-ring (bicyclic) bond motifs is 1. The molecule has 7 nitrogen and oxygen atoms in total. The maximum atomic E-state index is 5.99. The summed E-state index contributed by atoms with van der Waals surface area (Å²) in [5, 5.41) is 4.37. The fraction of sp³-hybridized carbons (Fsp3) is 0.417. The van der Waals surface area contributed by atoms with Crippen LogP contribution in [0.5, 0.6) is 0 Å². The zero-order chi connectivity index (χ0) is 13.4. The molecule has 19 heavy (non-hydrogen) atoms. The quantitative estimate of drug-likeness (QED) is 0.756. The molecule has 3 heterocycles. The lowest BCUT2D eigenvalue weighted by atomic mass is 10.4. The zero-order valence-corrected chi connectivity index (χ0v) is 11.1. The van der Waals surface area contributed by atoms with Crippen molar-refractivity contribution >= 4 is 17.1 Å². The second-order valence-corrected chi connectivity index (χ2v) is 4.66. The lowest BCUT2D eigenvalue weighted by molar-refractivity contribution is 0.566. The molecule has 0 saturated carbocycles. The van der Waals surface area contributed by atoms with Gasteiger partial charge in [0, 0.05) is 32.5 Å². The van der Waals surface area contributed by atoms with Gasteiger partial charge in [0.25, 0.3) is 0 Å². The molecule has 0 aliphatic carbocycles. The molecular weight excluding hydrogens is 242 g/mol. The Morgan fingerprint density at radius 3 is 2.89 bits per heavy atom. The lowest BCUT2D eigenvalue weighted by Gasteiger charge is -2.07. The summed E-state index contributed by atoms with van der Waals surface area (Å²) in [4.78, 5) is 8.42. The Balaban J connectivity index is 1.82. The van der Waals surface area contributed by atoms with Crippen molar-refractivity contribution in [2.75, 3.05) is 5.73 Å². The second kappa shape index (κ2) is 4.42. The van der Waals surface area contributed by atoms with Gasteiger partial charge in [-0.25, -0.2) is 9.97 Å². The lowest BCUT2D eigenvalue weighted by Crippen LogP contribution is -2.09. The van der Waals surface area contributed by atoms with Crippen molar-refractivity contribution < 1.29 is 0 Å². The van der Waals surface area contributed by atoms with E-state index in [0.29, 0.717) is 5.95 Å². The van der Waals surface area contributed by atoms with Crippen LogP contribution in [0.3, 0.4) is 0 Å². The van der Waals surface area contributed by atoms with Crippen LogP contribution < -0.4 is 5.73 Å². The number of anilines is 1. The highest BCUT2D eigenvalue weighted by molar-refractivity contribution is 5.77. The van der Waals surface area contributed by atoms with Gasteiger partial charge in [-0.15, -0.1) is 0 Å². The summed E-state index contributed by atoms with van der Waals surface area (Å²) in [6.07, 6.45) is 6.53. The summed E-state index contributed by atoms with van der Waals surface area (Å²) in [5.74, 6) is 0.553. The number of nitrogens with zero attached hydrogens (tertiary/aromatic N) is 6. The molecule has 0 amide bonds. The third kappa shape index (κ3) is 1.96. The van der Waals surface area contributed by atoms with Crippen molar-refractivity contribution in [2.24, 2.45) is 7.05 Å². The summed E-state index contributed by atoms with van der Waals surface area (Å²) < 4.78 is 5.91. The first-order valence-corrected chi connectivity index (χ1v) is 6.28. The first-order valence-electron chi connectivity index (χ1n) is 6.28. The Hall–Kier alpha value is -2.31. The minimum atomic E-state index is 0.553. The van der Waals surface area contributed by atoms with E-state index in [9.17, 15) is 0 Å². The summed E-state index contributed by atoms with van der Waals surface area (Å²) in [6.45, 7) is 3.68. The molecule has 0 unspecified atom stereocenters. The van der Waals surface area contributed by atoms with Crippen molar-refractivity contribution in [1.29, 1.82) is 0 Å². The first-order chi connectivity index (χ1) is 9.16. The number of rotatable bonds is 4. The van der Waals surface area contributed by atoms with E-state index in [2.05, 4.69) is 19.6 Å². The standard InChI is InChI=1S/C12H17N7/c1-9-10-11(17(2)16-9)19(12(13)15-10)6-3-5-18-7-4-14-8-18/h4,7-8H,3,5-6H2,1-2H3,(H2,13,15). The normalized spacial score (nSPS) is 11.5. The highest BCUT2D eigenvalue weighted by atomic mass is 15.3. The van der Waals surface area contributed by atoms with Crippen LogP contribution in [-0.2, 0) is 20.1 Å². The van der Waals surface area contributed by atoms with E-state index in [4.69, 9.17) is 5.73 Å². The van der Waals surface area contributed by atoms with Gasteiger partial charge in [0.15, 0.2) is 5.65 Å². The van der Waals surface area contributed by atoms with Gasteiger partial charge in [0.05, 0.1) is 12.0 Å². The number of hydrogen-bond acceptors (Lipinski definition) is 4. The number of hydrogen-bond donors (Lipinski definition) is 1. The average molecular weight is 259 g/mol. The van der Waals surface area contributed by atoms with E-state index in [1.807, 2.05) is 35.7 Å². The van der Waals surface area contributed by atoms with E-state index in [-0.39, 0.29) is 0 Å². The molecule has 0 bridgehead atoms. The van der Waals surface area contributed by atoms with Crippen LogP contribution in [0.25, 0.3) is 11.2 Å². The largest absolute Gasteiger partial charge is 0.369 e. The Morgan fingerprint density at radius 1 is 1.32 bits per heavy atom. The number of imidazole rings is 2. The Kier molecular flexibility index (Phi) is 2.73. The maximum Gasteiger partial charge on any atom is 0.202 e. The molecule has 0 fully saturated rings. The van der Waals surface area contributed by atoms with Crippen LogP contribution in [0, 0.1) is 6.92 Å². The third-order valence-electron chi connectivity index (χ3n) is 3.28. The first kappa shape index (κ1) is 11.8. The highest BCUT2D eigenvalue weighted by Crippen LogP contribution is 2.20. The molecule has 0 aliphatic heterocycles. The summed E-state index contributed by atoms with van der Waals surface area (Å²) in [6, 6.07) is 0. The minimum Gasteiger partial charge on any atom is -0.369 e. The molecule has 3 aromatic rings. The number of aromatic nitrogens is 6. The molecule has 0 radical (unpaired) electrons. The minimum absolute atomic E-state index is 0.553. The van der Waals surface area contributed by atoms with Crippen molar-refractivity contribution in [1.82, 2.24) is 28.9 Å². The molecule has 3 rings (SSSR count). The zero-order valence-electron chi connectivity index (χ0n) is 11.1. The van der Waals surface area contributed by atoms with Gasteiger partial charge >= 0.3 is 0 Å². The SMILES string of the molecule is Cc1nn(C)c2c1nc(N)n2CCCn1ccnc1. The Morgan fingerprint density at radius 2 is 2.16 bits per heavy atom. The van der Waals surface area contributed by atoms with E-state index in [1.54, 1.807) is 6.20 Å². The van der Waals surface area contributed by atoms with Crippen LogP contribution in [0.15, 0.2) is 18.7 Å². The van der Waals surface area contributed by atoms with Crippen LogP contribution in [0.4, 0.5) is 5.95 Å². The van der Waals surface area contributed by atoms with Gasteiger partial charge < -0.3 is 10.3 Å². The maximum absolute atomic E-state index is 5.99. The molecule has 3 aromatic heterocycles. The van der Waals surface area contributed by atoms with Crippen molar-refractivity contribution in [2.45, 2.75) is 26.4 Å². The van der Waals surface area contributed by atoms with Crippen molar-refractivity contribution in [3.05, 3.63) is 24.4 Å². The Labute approximate surface area is 110 Å². The molecule has 100 valence electrons. The van der Waals surface area contributed by atoms with E-state index in [1.165, 1.54) is 0 Å². The molecule has 0 aromatic carbocycles. The fourth-order valence-electron chi connectivity index (χ4n) is 2.40. The molecule has 0 aliphatic rings.